The molecular formula is C3H2Br2Cl4O. The Labute approximate surface area is 95.6 Å². The molecule has 0 aliphatic carbocycles. The summed E-state index contributed by atoms with van der Waals surface area (Å²) in [4.78, 5) is 9.68. The fraction of sp³-hybridized carbons (Fsp3) is 0.667. The normalized spacial score (nSPS) is 9.80. The first-order valence-corrected chi connectivity index (χ1v) is 5.20. The Kier molecular flexibility index (Phi) is 10.7. The molecule has 0 aromatic carbocycles. The number of carbonyl (C=O) groups is 1. The Morgan fingerprint density at radius 1 is 1.30 bits per heavy atom. The van der Waals surface area contributed by atoms with Crippen LogP contribution in [0.5, 0.6) is 0 Å². The van der Waals surface area contributed by atoms with Crippen molar-refractivity contribution in [1.29, 1.82) is 0 Å². The van der Waals surface area contributed by atoms with Crippen LogP contribution in [0.1, 0.15) is 0 Å². The molecule has 0 amide bonds. The molecule has 0 aliphatic heterocycles. The van der Waals surface area contributed by atoms with Crippen molar-refractivity contribution in [2.45, 2.75) is 3.25 Å². The summed E-state index contributed by atoms with van der Waals surface area (Å²) >= 11 is 24.9. The predicted octanol–water partition coefficient (Wildman–Crippen LogP) is 3.86. The van der Waals surface area contributed by atoms with Crippen LogP contribution in [0.15, 0.2) is 0 Å². The van der Waals surface area contributed by atoms with E-state index in [4.69, 9.17) is 46.4 Å². The van der Waals surface area contributed by atoms with Crippen LogP contribution in [0.25, 0.3) is 0 Å². The van der Waals surface area contributed by atoms with Gasteiger partial charge >= 0.3 is 0 Å². The monoisotopic (exact) mass is 352 g/mol. The smallest absolute Gasteiger partial charge is 0.266 e. The van der Waals surface area contributed by atoms with E-state index in [-0.39, 0.29) is 4.69 Å². The topological polar surface area (TPSA) is 17.1 Å². The van der Waals surface area contributed by atoms with Gasteiger partial charge in [0.15, 0.2) is 0 Å². The average Bonchev–Trinajstić information content (AvgIpc) is 1.61. The van der Waals surface area contributed by atoms with Crippen LogP contribution in [-0.2, 0) is 4.79 Å². The zero-order chi connectivity index (χ0) is 8.78. The van der Waals surface area contributed by atoms with E-state index < -0.39 is 3.25 Å². The third-order valence-electron chi connectivity index (χ3n) is 0.105. The molecule has 0 N–H and O–H groups in total. The molecule has 10 heavy (non-hydrogen) atoms. The number of hydrogen-bond donors (Lipinski definition) is 0. The van der Waals surface area contributed by atoms with Crippen molar-refractivity contribution in [2.24, 2.45) is 0 Å². The maximum atomic E-state index is 9.68. The van der Waals surface area contributed by atoms with E-state index in [0.29, 0.717) is 5.33 Å². The van der Waals surface area contributed by atoms with Crippen LogP contribution in [0, 0.1) is 0 Å². The Morgan fingerprint density at radius 2 is 1.40 bits per heavy atom. The van der Waals surface area contributed by atoms with E-state index in [2.05, 4.69) is 31.9 Å². The van der Waals surface area contributed by atoms with Crippen LogP contribution in [0.3, 0.4) is 0 Å². The van der Waals surface area contributed by atoms with E-state index in [1.54, 1.807) is 0 Å². The maximum absolute atomic E-state index is 9.68. The first kappa shape index (κ1) is 14.3. The highest BCUT2D eigenvalue weighted by molar-refractivity contribution is 9.19. The molecule has 0 rings (SSSR count). The minimum absolute atomic E-state index is 0.0162. The molecule has 0 fully saturated rings. The number of hydrogen-bond acceptors (Lipinski definition) is 1. The molecule has 0 atom stereocenters. The minimum atomic E-state index is -1.61. The Hall–Kier alpha value is 1.79. The third kappa shape index (κ3) is 52.7. The number of halogens is 6. The van der Waals surface area contributed by atoms with Gasteiger partial charge in [0.1, 0.15) is 0 Å². The van der Waals surface area contributed by atoms with Gasteiger partial charge in [-0.1, -0.05) is 62.3 Å². The quantitative estimate of drug-likeness (QED) is 0.516. The summed E-state index contributed by atoms with van der Waals surface area (Å²) in [6.45, 7) is 0. The number of alkyl halides is 5. The second kappa shape index (κ2) is 7.44. The third-order valence-corrected chi connectivity index (χ3v) is 1.65. The number of rotatable bonds is 1. The highest BCUT2D eigenvalue weighted by Gasteiger charge is 2.11. The van der Waals surface area contributed by atoms with Gasteiger partial charge < -0.3 is 0 Å². The van der Waals surface area contributed by atoms with Gasteiger partial charge in [-0.15, -0.1) is 0 Å². The van der Waals surface area contributed by atoms with Gasteiger partial charge in [0, 0.05) is 0 Å². The van der Waals surface area contributed by atoms with Crippen molar-refractivity contribution in [1.82, 2.24) is 0 Å². The maximum Gasteiger partial charge on any atom is 0.266 e. The largest absolute Gasteiger partial charge is 0.286 e. The first-order valence-electron chi connectivity index (χ1n) is 1.77. The molecule has 0 heterocycles. The van der Waals surface area contributed by atoms with E-state index in [0.717, 1.165) is 0 Å². The highest BCUT2D eigenvalue weighted by atomic mass is 79.9. The van der Waals surface area contributed by atoms with Crippen molar-refractivity contribution in [3.63, 3.8) is 0 Å². The molecule has 0 aromatic rings. The molecule has 0 saturated carbocycles. The summed E-state index contributed by atoms with van der Waals surface area (Å²) in [6.07, 6.45) is 0. The molecule has 0 aromatic heterocycles. The fourth-order valence-corrected chi connectivity index (χ4v) is 0. The molecular weight excluding hydrogens is 354 g/mol. The second-order valence-corrected chi connectivity index (χ2v) is 5.79. The van der Waals surface area contributed by atoms with E-state index in [1.807, 2.05) is 0 Å². The van der Waals surface area contributed by atoms with E-state index in [1.165, 1.54) is 0 Å². The van der Waals surface area contributed by atoms with Crippen LogP contribution < -0.4 is 0 Å². The second-order valence-electron chi connectivity index (χ2n) is 0.917. The molecule has 0 saturated heterocycles. The van der Waals surface area contributed by atoms with Gasteiger partial charge in [-0.05, 0) is 15.9 Å². The van der Waals surface area contributed by atoms with Gasteiger partial charge in [0.2, 0.25) is 4.69 Å². The standard InChI is InChI=1S/C2H2Br2O.CCl4/c3-1-2(4)5;2-1(3,4)5/h1H2;. The summed E-state index contributed by atoms with van der Waals surface area (Å²) in [5.41, 5.74) is 0. The zero-order valence-corrected chi connectivity index (χ0v) is 10.6. The Bertz CT molecular complexity index is 95.2. The average molecular weight is 356 g/mol. The fourth-order valence-electron chi connectivity index (χ4n) is 0. The summed E-state index contributed by atoms with van der Waals surface area (Å²) in [7, 11) is 0. The molecule has 0 spiro atoms. The molecule has 7 heteroatoms. The van der Waals surface area contributed by atoms with Gasteiger partial charge in [-0.2, -0.15) is 0 Å². The van der Waals surface area contributed by atoms with Gasteiger partial charge in [-0.25, -0.2) is 0 Å². The summed E-state index contributed by atoms with van der Waals surface area (Å²) in [5.74, 6) is 0. The van der Waals surface area contributed by atoms with E-state index in [9.17, 15) is 4.79 Å². The van der Waals surface area contributed by atoms with Crippen LogP contribution in [0.2, 0.25) is 0 Å². The summed E-state index contributed by atoms with van der Waals surface area (Å²) in [6, 6.07) is 0. The zero-order valence-electron chi connectivity index (χ0n) is 4.38. The van der Waals surface area contributed by atoms with Crippen LogP contribution in [-0.4, -0.2) is 13.3 Å². The van der Waals surface area contributed by atoms with E-state index >= 15 is 0 Å². The molecule has 0 aliphatic rings. The van der Waals surface area contributed by atoms with Crippen molar-refractivity contribution in [2.75, 3.05) is 5.33 Å². The molecule has 62 valence electrons. The lowest BCUT2D eigenvalue weighted by Gasteiger charge is -1.91. The number of carbonyl (C=O) groups excluding carboxylic acids is 1. The van der Waals surface area contributed by atoms with Gasteiger partial charge in [-0.3, -0.25) is 4.79 Å². The molecule has 0 unspecified atom stereocenters. The van der Waals surface area contributed by atoms with Crippen molar-refractivity contribution in [3.8, 4) is 0 Å². The van der Waals surface area contributed by atoms with Crippen LogP contribution >= 0.6 is 78.3 Å². The lowest BCUT2D eigenvalue weighted by atomic mass is 10.9. The van der Waals surface area contributed by atoms with Crippen molar-refractivity contribution >= 4 is 83.0 Å². The van der Waals surface area contributed by atoms with Crippen LogP contribution in [0.4, 0.5) is 0 Å². The van der Waals surface area contributed by atoms with Gasteiger partial charge in [0.25, 0.3) is 3.25 Å². The molecule has 1 nitrogen and oxygen atoms in total. The van der Waals surface area contributed by atoms with Gasteiger partial charge in [0.05, 0.1) is 5.33 Å². The lowest BCUT2D eigenvalue weighted by molar-refractivity contribution is -0.108. The Balaban J connectivity index is 0. The predicted molar refractivity (Wildman–Crippen MR) is 53.9 cm³/mol. The SMILES string of the molecule is ClC(Cl)(Cl)Cl.O=C(Br)CBr. The van der Waals surface area contributed by atoms with Crippen molar-refractivity contribution in [3.05, 3.63) is 0 Å². The summed E-state index contributed by atoms with van der Waals surface area (Å²) < 4.78 is -1.63. The highest BCUT2D eigenvalue weighted by Crippen LogP contribution is 2.29. The summed E-state index contributed by atoms with van der Waals surface area (Å²) in [5, 5.41) is 0.396. The lowest BCUT2D eigenvalue weighted by Crippen LogP contribution is -1.81. The molecule has 0 bridgehead atoms. The Morgan fingerprint density at radius 3 is 1.40 bits per heavy atom. The van der Waals surface area contributed by atoms with Crippen molar-refractivity contribution < 1.29 is 4.79 Å². The first-order chi connectivity index (χ1) is 4.27. The minimum Gasteiger partial charge on any atom is -0.286 e. The molecule has 0 radical (unpaired) electrons.